The van der Waals surface area contributed by atoms with Crippen LogP contribution in [0.5, 0.6) is 0 Å². The summed E-state index contributed by atoms with van der Waals surface area (Å²) in [6.07, 6.45) is 4.34. The molecule has 2 rings (SSSR count). The molecule has 1 N–H and O–H groups in total. The maximum Gasteiger partial charge on any atom is 0.213 e. The molecule has 0 amide bonds. The van der Waals surface area contributed by atoms with Crippen LogP contribution in [0.25, 0.3) is 0 Å². The molecule has 0 aliphatic rings. The van der Waals surface area contributed by atoms with Crippen LogP contribution in [0, 0.1) is 0 Å². The first kappa shape index (κ1) is 9.85. The van der Waals surface area contributed by atoms with Crippen molar-refractivity contribution in [3.8, 4) is 0 Å². The maximum atomic E-state index is 5.83. The van der Waals surface area contributed by atoms with Crippen LogP contribution in [0.1, 0.15) is 18.8 Å². The van der Waals surface area contributed by atoms with Crippen molar-refractivity contribution in [2.75, 3.05) is 5.32 Å². The van der Waals surface area contributed by atoms with Gasteiger partial charge in [0.2, 0.25) is 6.39 Å². The van der Waals surface area contributed by atoms with Gasteiger partial charge in [-0.15, -0.1) is 0 Å². The SMILES string of the molecule is CC(Nc1nccnc1Cl)c1ncon1. The molecule has 2 aromatic heterocycles. The normalized spacial score (nSPS) is 12.4. The Labute approximate surface area is 90.7 Å². The van der Waals surface area contributed by atoms with E-state index in [2.05, 4.69) is 29.9 Å². The average Bonchev–Trinajstić information content (AvgIpc) is 2.74. The monoisotopic (exact) mass is 225 g/mol. The quantitative estimate of drug-likeness (QED) is 0.857. The Bertz CT molecular complexity index is 432. The molecule has 0 aliphatic heterocycles. The Morgan fingerprint density at radius 2 is 2.13 bits per heavy atom. The number of nitrogens with one attached hydrogen (secondary N) is 1. The van der Waals surface area contributed by atoms with E-state index in [-0.39, 0.29) is 6.04 Å². The van der Waals surface area contributed by atoms with Gasteiger partial charge in [0.15, 0.2) is 16.8 Å². The third-order valence-electron chi connectivity index (χ3n) is 1.77. The van der Waals surface area contributed by atoms with E-state index in [1.54, 1.807) is 6.20 Å². The highest BCUT2D eigenvalue weighted by Gasteiger charge is 2.12. The van der Waals surface area contributed by atoms with Gasteiger partial charge in [-0.3, -0.25) is 0 Å². The van der Waals surface area contributed by atoms with E-state index in [1.165, 1.54) is 12.6 Å². The smallest absolute Gasteiger partial charge is 0.213 e. The van der Waals surface area contributed by atoms with Gasteiger partial charge < -0.3 is 9.84 Å². The number of anilines is 1. The summed E-state index contributed by atoms with van der Waals surface area (Å²) < 4.78 is 4.63. The van der Waals surface area contributed by atoms with Gasteiger partial charge in [-0.05, 0) is 6.92 Å². The first-order valence-corrected chi connectivity index (χ1v) is 4.64. The lowest BCUT2D eigenvalue weighted by atomic mass is 10.3. The fourth-order valence-corrected chi connectivity index (χ4v) is 1.22. The molecule has 1 atom stereocenters. The molecule has 7 heteroatoms. The largest absolute Gasteiger partial charge is 0.358 e. The Morgan fingerprint density at radius 3 is 2.80 bits per heavy atom. The summed E-state index contributed by atoms with van der Waals surface area (Å²) in [5.41, 5.74) is 0. The van der Waals surface area contributed by atoms with E-state index >= 15 is 0 Å². The molecule has 1 unspecified atom stereocenters. The summed E-state index contributed by atoms with van der Waals surface area (Å²) >= 11 is 5.83. The molecule has 0 spiro atoms. The number of hydrogen-bond donors (Lipinski definition) is 1. The summed E-state index contributed by atoms with van der Waals surface area (Å²) in [4.78, 5) is 11.8. The predicted octanol–water partition coefficient (Wildman–Crippen LogP) is 1.69. The number of hydrogen-bond acceptors (Lipinski definition) is 6. The van der Waals surface area contributed by atoms with Crippen LogP contribution in [0.2, 0.25) is 5.15 Å². The molecule has 78 valence electrons. The van der Waals surface area contributed by atoms with Gasteiger partial charge in [0.05, 0.1) is 6.04 Å². The van der Waals surface area contributed by atoms with E-state index in [9.17, 15) is 0 Å². The molecular weight excluding hydrogens is 218 g/mol. The molecule has 6 nitrogen and oxygen atoms in total. The van der Waals surface area contributed by atoms with Gasteiger partial charge in [0.25, 0.3) is 0 Å². The third kappa shape index (κ3) is 2.21. The lowest BCUT2D eigenvalue weighted by Crippen LogP contribution is -2.10. The highest BCUT2D eigenvalue weighted by Crippen LogP contribution is 2.19. The van der Waals surface area contributed by atoms with Crippen LogP contribution in [-0.4, -0.2) is 20.1 Å². The van der Waals surface area contributed by atoms with Gasteiger partial charge in [-0.1, -0.05) is 16.8 Å². The van der Waals surface area contributed by atoms with Gasteiger partial charge in [0.1, 0.15) is 0 Å². The molecule has 0 saturated carbocycles. The maximum absolute atomic E-state index is 5.83. The topological polar surface area (TPSA) is 76.7 Å². The molecular formula is C8H8ClN5O. The van der Waals surface area contributed by atoms with Crippen molar-refractivity contribution in [2.45, 2.75) is 13.0 Å². The van der Waals surface area contributed by atoms with Crippen molar-refractivity contribution in [2.24, 2.45) is 0 Å². The number of halogens is 1. The molecule has 0 aromatic carbocycles. The molecule has 2 aromatic rings. The van der Waals surface area contributed by atoms with Crippen LogP contribution in [0.4, 0.5) is 5.82 Å². The summed E-state index contributed by atoms with van der Waals surface area (Å²) in [6, 6.07) is -0.141. The standard InChI is InChI=1S/C8H8ClN5O/c1-5(7-12-4-15-14-7)13-8-6(9)10-2-3-11-8/h2-5H,1H3,(H,11,13). The summed E-state index contributed by atoms with van der Waals surface area (Å²) in [6.45, 7) is 1.87. The molecule has 0 radical (unpaired) electrons. The lowest BCUT2D eigenvalue weighted by molar-refractivity contribution is 0.407. The second-order valence-corrected chi connectivity index (χ2v) is 3.21. The third-order valence-corrected chi connectivity index (χ3v) is 2.05. The summed E-state index contributed by atoms with van der Waals surface area (Å²) in [5, 5.41) is 7.04. The van der Waals surface area contributed by atoms with Crippen LogP contribution in [0.3, 0.4) is 0 Å². The first-order valence-electron chi connectivity index (χ1n) is 4.26. The van der Waals surface area contributed by atoms with Crippen molar-refractivity contribution < 1.29 is 4.52 Å². The average molecular weight is 226 g/mol. The minimum Gasteiger partial charge on any atom is -0.358 e. The molecule has 0 fully saturated rings. The number of nitrogens with zero attached hydrogens (tertiary/aromatic N) is 4. The fourth-order valence-electron chi connectivity index (χ4n) is 1.06. The molecule has 15 heavy (non-hydrogen) atoms. The van der Waals surface area contributed by atoms with Gasteiger partial charge >= 0.3 is 0 Å². The Hall–Kier alpha value is -1.69. The second kappa shape index (κ2) is 4.22. The molecule has 0 saturated heterocycles. The highest BCUT2D eigenvalue weighted by atomic mass is 35.5. The predicted molar refractivity (Wildman–Crippen MR) is 53.4 cm³/mol. The van der Waals surface area contributed by atoms with Gasteiger partial charge in [-0.25, -0.2) is 9.97 Å². The minimum absolute atomic E-state index is 0.141. The molecule has 0 aliphatic carbocycles. The zero-order chi connectivity index (χ0) is 10.7. The molecule has 0 bridgehead atoms. The van der Waals surface area contributed by atoms with Crippen molar-refractivity contribution in [3.63, 3.8) is 0 Å². The lowest BCUT2D eigenvalue weighted by Gasteiger charge is -2.10. The fraction of sp³-hybridized carbons (Fsp3) is 0.250. The van der Waals surface area contributed by atoms with Crippen molar-refractivity contribution in [1.82, 2.24) is 20.1 Å². The Kier molecular flexibility index (Phi) is 2.77. The van der Waals surface area contributed by atoms with Crippen LogP contribution in [0.15, 0.2) is 23.3 Å². The minimum atomic E-state index is -0.141. The number of aromatic nitrogens is 4. The second-order valence-electron chi connectivity index (χ2n) is 2.85. The van der Waals surface area contributed by atoms with Crippen molar-refractivity contribution >= 4 is 17.4 Å². The van der Waals surface area contributed by atoms with E-state index in [0.29, 0.717) is 16.8 Å². The highest BCUT2D eigenvalue weighted by molar-refractivity contribution is 6.31. The zero-order valence-electron chi connectivity index (χ0n) is 7.88. The van der Waals surface area contributed by atoms with Gasteiger partial charge in [-0.2, -0.15) is 4.98 Å². The number of rotatable bonds is 3. The summed E-state index contributed by atoms with van der Waals surface area (Å²) in [7, 11) is 0. The van der Waals surface area contributed by atoms with E-state index in [1.807, 2.05) is 6.92 Å². The van der Waals surface area contributed by atoms with Crippen LogP contribution in [-0.2, 0) is 0 Å². The van der Waals surface area contributed by atoms with Gasteiger partial charge in [0, 0.05) is 12.4 Å². The van der Waals surface area contributed by atoms with Crippen molar-refractivity contribution in [3.05, 3.63) is 29.8 Å². The van der Waals surface area contributed by atoms with Crippen LogP contribution >= 0.6 is 11.6 Å². The molecule has 2 heterocycles. The van der Waals surface area contributed by atoms with E-state index in [0.717, 1.165) is 0 Å². The zero-order valence-corrected chi connectivity index (χ0v) is 8.64. The first-order chi connectivity index (χ1) is 7.27. The van der Waals surface area contributed by atoms with E-state index < -0.39 is 0 Å². The van der Waals surface area contributed by atoms with E-state index in [4.69, 9.17) is 11.6 Å². The Balaban J connectivity index is 2.13. The summed E-state index contributed by atoms with van der Waals surface area (Å²) in [5.74, 6) is 1.04. The van der Waals surface area contributed by atoms with Crippen LogP contribution < -0.4 is 5.32 Å². The Morgan fingerprint density at radius 1 is 1.33 bits per heavy atom. The van der Waals surface area contributed by atoms with Crippen molar-refractivity contribution in [1.29, 1.82) is 0 Å².